The summed E-state index contributed by atoms with van der Waals surface area (Å²) in [5, 5.41) is 2.92. The fourth-order valence-corrected chi connectivity index (χ4v) is 1.88. The molecule has 1 amide bonds. The number of hydrogen-bond donors (Lipinski definition) is 1. The second-order valence-electron chi connectivity index (χ2n) is 5.01. The predicted molar refractivity (Wildman–Crippen MR) is 88.9 cm³/mol. The van der Waals surface area contributed by atoms with Gasteiger partial charge in [0.15, 0.2) is 0 Å². The maximum Gasteiger partial charge on any atom is 0.219 e. The third-order valence-electron chi connectivity index (χ3n) is 3.04. The molecule has 20 heavy (non-hydrogen) atoms. The van der Waals surface area contributed by atoms with Gasteiger partial charge in [-0.2, -0.15) is 0 Å². The predicted octanol–water partition coefficient (Wildman–Crippen LogP) is 3.96. The zero-order chi connectivity index (χ0) is 15.4. The average molecular weight is 273 g/mol. The molecular weight excluding hydrogens is 245 g/mol. The highest BCUT2D eigenvalue weighted by atomic mass is 16.1. The van der Waals surface area contributed by atoms with E-state index in [0.717, 1.165) is 12.8 Å². The van der Waals surface area contributed by atoms with Crippen molar-refractivity contribution >= 4 is 13.8 Å². The lowest BCUT2D eigenvalue weighted by molar-refractivity contribution is -0.120. The number of carbonyl (C=O) groups is 1. The van der Waals surface area contributed by atoms with Crippen molar-refractivity contribution in [3.63, 3.8) is 0 Å². The van der Waals surface area contributed by atoms with Crippen molar-refractivity contribution in [1.29, 1.82) is 0 Å². The van der Waals surface area contributed by atoms with Crippen LogP contribution in [0.1, 0.15) is 47.0 Å². The zero-order valence-corrected chi connectivity index (χ0v) is 13.4. The number of hydrogen-bond acceptors (Lipinski definition) is 1. The molecular formula is C17H28BNO. The number of nitrogens with one attached hydrogen (secondary N) is 1. The third kappa shape index (κ3) is 7.37. The van der Waals surface area contributed by atoms with Gasteiger partial charge in [-0.3, -0.25) is 4.79 Å². The summed E-state index contributed by atoms with van der Waals surface area (Å²) in [6, 6.07) is 0. The Balaban J connectivity index is 0.00000172. The van der Waals surface area contributed by atoms with E-state index in [1.165, 1.54) is 5.57 Å². The Morgan fingerprint density at radius 1 is 1.35 bits per heavy atom. The first kappa shape index (κ1) is 18.8. The lowest BCUT2D eigenvalue weighted by Crippen LogP contribution is -2.33. The highest BCUT2D eigenvalue weighted by molar-refractivity contribution is 6.09. The molecule has 1 aliphatic rings. The van der Waals surface area contributed by atoms with E-state index in [-0.39, 0.29) is 11.3 Å². The molecule has 1 N–H and O–H groups in total. The van der Waals surface area contributed by atoms with Crippen molar-refractivity contribution in [3.8, 4) is 0 Å². The molecule has 1 aliphatic carbocycles. The maximum absolute atomic E-state index is 11.4. The van der Waals surface area contributed by atoms with Crippen molar-refractivity contribution in [2.24, 2.45) is 5.41 Å². The number of amides is 1. The van der Waals surface area contributed by atoms with Crippen LogP contribution in [0.4, 0.5) is 0 Å². The molecule has 0 saturated carbocycles. The molecule has 1 atom stereocenters. The standard InChI is InChI=1S/C15H22BNO.C2H6/c1-3-5-13-6-4-9-15(2,10-7-13)12-17-14(18)8-11-16;1-2/h4,6-7,9-10H,3,5,8,11-12H2,1-2H3,(H,17,18);1-2H3. The second kappa shape index (κ2) is 10.5. The number of rotatable bonds is 6. The first-order chi connectivity index (χ1) is 9.59. The topological polar surface area (TPSA) is 29.1 Å². The fraction of sp³-hybridized carbons (Fsp3) is 0.588. The van der Waals surface area contributed by atoms with Gasteiger partial charge in [0.2, 0.25) is 5.91 Å². The largest absolute Gasteiger partial charge is 0.355 e. The molecule has 0 aromatic carbocycles. The van der Waals surface area contributed by atoms with Gasteiger partial charge in [-0.1, -0.05) is 70.8 Å². The van der Waals surface area contributed by atoms with Gasteiger partial charge in [0, 0.05) is 18.4 Å². The summed E-state index contributed by atoms with van der Waals surface area (Å²) in [6.07, 6.45) is 13.7. The van der Waals surface area contributed by atoms with Gasteiger partial charge in [0.25, 0.3) is 0 Å². The van der Waals surface area contributed by atoms with Gasteiger partial charge in [0.05, 0.1) is 7.85 Å². The van der Waals surface area contributed by atoms with Crippen LogP contribution < -0.4 is 5.32 Å². The van der Waals surface area contributed by atoms with E-state index in [1.807, 2.05) is 13.8 Å². The smallest absolute Gasteiger partial charge is 0.219 e. The van der Waals surface area contributed by atoms with E-state index >= 15 is 0 Å². The van der Waals surface area contributed by atoms with E-state index in [0.29, 0.717) is 19.3 Å². The van der Waals surface area contributed by atoms with Gasteiger partial charge in [-0.15, -0.1) is 0 Å². The molecule has 0 spiro atoms. The summed E-state index contributed by atoms with van der Waals surface area (Å²) in [7, 11) is 5.35. The second-order valence-corrected chi connectivity index (χ2v) is 5.01. The minimum Gasteiger partial charge on any atom is -0.355 e. The molecule has 3 heteroatoms. The Morgan fingerprint density at radius 2 is 2.05 bits per heavy atom. The first-order valence-corrected chi connectivity index (χ1v) is 7.64. The first-order valence-electron chi connectivity index (χ1n) is 7.64. The van der Waals surface area contributed by atoms with Crippen molar-refractivity contribution in [1.82, 2.24) is 5.32 Å². The van der Waals surface area contributed by atoms with Crippen LogP contribution in [0.25, 0.3) is 0 Å². The normalized spacial score (nSPS) is 20.5. The summed E-state index contributed by atoms with van der Waals surface area (Å²) < 4.78 is 0. The van der Waals surface area contributed by atoms with E-state index < -0.39 is 0 Å². The monoisotopic (exact) mass is 273 g/mol. The molecule has 0 fully saturated rings. The van der Waals surface area contributed by atoms with E-state index in [2.05, 4.69) is 49.5 Å². The van der Waals surface area contributed by atoms with Gasteiger partial charge < -0.3 is 5.32 Å². The minimum absolute atomic E-state index is 0.0199. The Kier molecular flexibility index (Phi) is 9.88. The van der Waals surface area contributed by atoms with Gasteiger partial charge in [0.1, 0.15) is 0 Å². The molecule has 0 saturated heterocycles. The number of allylic oxidation sites excluding steroid dienone is 4. The summed E-state index contributed by atoms with van der Waals surface area (Å²) >= 11 is 0. The minimum atomic E-state index is -0.115. The highest BCUT2D eigenvalue weighted by Crippen LogP contribution is 2.24. The molecule has 0 aromatic rings. The molecule has 1 rings (SSSR count). The van der Waals surface area contributed by atoms with Crippen LogP contribution in [0.2, 0.25) is 6.32 Å². The van der Waals surface area contributed by atoms with Crippen LogP contribution in [0, 0.1) is 5.41 Å². The fourth-order valence-electron chi connectivity index (χ4n) is 1.88. The molecule has 0 aromatic heterocycles. The van der Waals surface area contributed by atoms with Crippen molar-refractivity contribution in [3.05, 3.63) is 36.0 Å². The van der Waals surface area contributed by atoms with Gasteiger partial charge >= 0.3 is 0 Å². The maximum atomic E-state index is 11.4. The average Bonchev–Trinajstić information content (AvgIpc) is 2.63. The van der Waals surface area contributed by atoms with Gasteiger partial charge in [-0.25, -0.2) is 0 Å². The summed E-state index contributed by atoms with van der Waals surface area (Å²) in [4.78, 5) is 11.4. The molecule has 1 unspecified atom stereocenters. The molecule has 0 bridgehead atoms. The molecule has 110 valence electrons. The van der Waals surface area contributed by atoms with Crippen molar-refractivity contribution in [2.75, 3.05) is 6.54 Å². The molecule has 0 aliphatic heterocycles. The Morgan fingerprint density at radius 3 is 2.65 bits per heavy atom. The zero-order valence-electron chi connectivity index (χ0n) is 13.4. The lowest BCUT2D eigenvalue weighted by atomic mass is 9.89. The Labute approximate surface area is 125 Å². The van der Waals surface area contributed by atoms with Crippen molar-refractivity contribution in [2.45, 2.75) is 53.3 Å². The quantitative estimate of drug-likeness (QED) is 0.729. The summed E-state index contributed by atoms with van der Waals surface area (Å²) in [5.74, 6) is 0.0199. The van der Waals surface area contributed by atoms with Crippen LogP contribution in [0.15, 0.2) is 36.0 Å². The van der Waals surface area contributed by atoms with E-state index in [9.17, 15) is 4.79 Å². The van der Waals surface area contributed by atoms with E-state index in [1.54, 1.807) is 0 Å². The van der Waals surface area contributed by atoms with E-state index in [4.69, 9.17) is 7.85 Å². The Hall–Kier alpha value is -1.25. The molecule has 2 radical (unpaired) electrons. The third-order valence-corrected chi connectivity index (χ3v) is 3.04. The van der Waals surface area contributed by atoms with Crippen LogP contribution in [0.5, 0.6) is 0 Å². The van der Waals surface area contributed by atoms with Crippen LogP contribution in [-0.2, 0) is 4.79 Å². The Bertz CT molecular complexity index is 371. The van der Waals surface area contributed by atoms with Gasteiger partial charge in [-0.05, 0) is 12.0 Å². The molecule has 0 heterocycles. The van der Waals surface area contributed by atoms with Crippen LogP contribution in [0.3, 0.4) is 0 Å². The van der Waals surface area contributed by atoms with Crippen LogP contribution >= 0.6 is 0 Å². The van der Waals surface area contributed by atoms with Crippen LogP contribution in [-0.4, -0.2) is 20.3 Å². The highest BCUT2D eigenvalue weighted by Gasteiger charge is 2.19. The number of carbonyl (C=O) groups excluding carboxylic acids is 1. The summed E-state index contributed by atoms with van der Waals surface area (Å²) in [5.41, 5.74) is 1.22. The summed E-state index contributed by atoms with van der Waals surface area (Å²) in [6.45, 7) is 8.91. The molecule has 2 nitrogen and oxygen atoms in total. The lowest BCUT2D eigenvalue weighted by Gasteiger charge is -2.22. The van der Waals surface area contributed by atoms with Crippen molar-refractivity contribution < 1.29 is 4.79 Å². The SMILES string of the molecule is CC.[B]CCC(=O)NCC1(C)C=CC=C(CCC)C=C1.